The van der Waals surface area contributed by atoms with Gasteiger partial charge in [-0.15, -0.1) is 0 Å². The number of urea groups is 1. The SMILES string of the molecule is COc1ccc(Cl)cc1NC(=O)NCc1ccsc1. The number of rotatable bonds is 4. The highest BCUT2D eigenvalue weighted by molar-refractivity contribution is 7.07. The number of amides is 2. The summed E-state index contributed by atoms with van der Waals surface area (Å²) in [6.07, 6.45) is 0. The van der Waals surface area contributed by atoms with Crippen LogP contribution in [0.1, 0.15) is 5.56 Å². The zero-order valence-corrected chi connectivity index (χ0v) is 11.8. The van der Waals surface area contributed by atoms with Gasteiger partial charge in [0.15, 0.2) is 0 Å². The lowest BCUT2D eigenvalue weighted by molar-refractivity contribution is 0.251. The maximum absolute atomic E-state index is 11.8. The first-order chi connectivity index (χ1) is 9.19. The summed E-state index contributed by atoms with van der Waals surface area (Å²) in [5.74, 6) is 0.565. The summed E-state index contributed by atoms with van der Waals surface area (Å²) in [6.45, 7) is 0.484. The van der Waals surface area contributed by atoms with Crippen molar-refractivity contribution >= 4 is 34.7 Å². The molecule has 1 heterocycles. The van der Waals surface area contributed by atoms with E-state index in [0.717, 1.165) is 5.56 Å². The fourth-order valence-corrected chi connectivity index (χ4v) is 2.36. The number of carbonyl (C=O) groups excluding carboxylic acids is 1. The number of hydrogen-bond acceptors (Lipinski definition) is 3. The van der Waals surface area contributed by atoms with E-state index in [4.69, 9.17) is 16.3 Å². The summed E-state index contributed by atoms with van der Waals surface area (Å²) >= 11 is 7.48. The van der Waals surface area contributed by atoms with Crippen molar-refractivity contribution in [1.29, 1.82) is 0 Å². The summed E-state index contributed by atoms with van der Waals surface area (Å²) in [5, 5.41) is 9.96. The molecular weight excluding hydrogens is 284 g/mol. The van der Waals surface area contributed by atoms with E-state index in [-0.39, 0.29) is 6.03 Å². The maximum Gasteiger partial charge on any atom is 0.319 e. The summed E-state index contributed by atoms with van der Waals surface area (Å²) in [6, 6.07) is 6.72. The van der Waals surface area contributed by atoms with Crippen LogP contribution in [0.25, 0.3) is 0 Å². The van der Waals surface area contributed by atoms with E-state index in [2.05, 4.69) is 10.6 Å². The Morgan fingerprint density at radius 2 is 2.26 bits per heavy atom. The van der Waals surface area contributed by atoms with E-state index in [1.165, 1.54) is 7.11 Å². The van der Waals surface area contributed by atoms with Gasteiger partial charge in [0.25, 0.3) is 0 Å². The number of carbonyl (C=O) groups is 1. The Labute approximate surface area is 120 Å². The molecule has 4 nitrogen and oxygen atoms in total. The van der Waals surface area contributed by atoms with Crippen LogP contribution in [0.15, 0.2) is 35.0 Å². The molecule has 2 aromatic rings. The molecule has 0 aliphatic carbocycles. The molecule has 2 N–H and O–H groups in total. The molecule has 0 radical (unpaired) electrons. The minimum atomic E-state index is -0.299. The van der Waals surface area contributed by atoms with Gasteiger partial charge in [-0.2, -0.15) is 11.3 Å². The van der Waals surface area contributed by atoms with Crippen LogP contribution in [0, 0.1) is 0 Å². The Morgan fingerprint density at radius 1 is 1.42 bits per heavy atom. The van der Waals surface area contributed by atoms with Crippen molar-refractivity contribution in [3.63, 3.8) is 0 Å². The van der Waals surface area contributed by atoms with E-state index in [1.807, 2.05) is 16.8 Å². The molecule has 0 atom stereocenters. The minimum Gasteiger partial charge on any atom is -0.495 e. The first kappa shape index (κ1) is 13.7. The number of methoxy groups -OCH3 is 1. The Hall–Kier alpha value is -1.72. The fourth-order valence-electron chi connectivity index (χ4n) is 1.52. The highest BCUT2D eigenvalue weighted by Gasteiger charge is 2.07. The monoisotopic (exact) mass is 296 g/mol. The molecule has 0 spiro atoms. The molecule has 0 aliphatic heterocycles. The van der Waals surface area contributed by atoms with Crippen molar-refractivity contribution in [2.45, 2.75) is 6.54 Å². The third-order valence-electron chi connectivity index (χ3n) is 2.44. The lowest BCUT2D eigenvalue weighted by Crippen LogP contribution is -2.28. The predicted octanol–water partition coefficient (Wildman–Crippen LogP) is 3.73. The molecule has 0 aliphatic rings. The lowest BCUT2D eigenvalue weighted by atomic mass is 10.3. The molecule has 0 fully saturated rings. The minimum absolute atomic E-state index is 0.299. The van der Waals surface area contributed by atoms with Crippen molar-refractivity contribution in [3.8, 4) is 5.75 Å². The fraction of sp³-hybridized carbons (Fsp3) is 0.154. The van der Waals surface area contributed by atoms with Crippen LogP contribution >= 0.6 is 22.9 Å². The second-order valence-electron chi connectivity index (χ2n) is 3.78. The summed E-state index contributed by atoms with van der Waals surface area (Å²) in [5.41, 5.74) is 1.61. The van der Waals surface area contributed by atoms with Crippen LogP contribution in [-0.4, -0.2) is 13.1 Å². The Balaban J connectivity index is 1.96. The van der Waals surface area contributed by atoms with Gasteiger partial charge < -0.3 is 15.4 Å². The first-order valence-electron chi connectivity index (χ1n) is 5.58. The number of hydrogen-bond donors (Lipinski definition) is 2. The van der Waals surface area contributed by atoms with Crippen molar-refractivity contribution in [2.24, 2.45) is 0 Å². The van der Waals surface area contributed by atoms with E-state index in [1.54, 1.807) is 29.5 Å². The van der Waals surface area contributed by atoms with E-state index in [9.17, 15) is 4.79 Å². The zero-order chi connectivity index (χ0) is 13.7. The Morgan fingerprint density at radius 3 is 2.95 bits per heavy atom. The second kappa shape index (κ2) is 6.45. The molecule has 0 unspecified atom stereocenters. The number of benzene rings is 1. The Bertz CT molecular complexity index is 558. The van der Waals surface area contributed by atoms with Gasteiger partial charge in [-0.25, -0.2) is 4.79 Å². The third kappa shape index (κ3) is 3.87. The molecular formula is C13H13ClN2O2S. The predicted molar refractivity (Wildman–Crippen MR) is 78.2 cm³/mol. The molecule has 0 saturated carbocycles. The normalized spacial score (nSPS) is 10.0. The maximum atomic E-state index is 11.8. The number of anilines is 1. The molecule has 19 heavy (non-hydrogen) atoms. The molecule has 1 aromatic carbocycles. The largest absolute Gasteiger partial charge is 0.495 e. The van der Waals surface area contributed by atoms with Crippen molar-refractivity contribution in [2.75, 3.05) is 12.4 Å². The number of thiophene rings is 1. The lowest BCUT2D eigenvalue weighted by Gasteiger charge is -2.11. The van der Waals surface area contributed by atoms with Gasteiger partial charge in [0, 0.05) is 11.6 Å². The van der Waals surface area contributed by atoms with Crippen LogP contribution in [-0.2, 0) is 6.54 Å². The summed E-state index contributed by atoms with van der Waals surface area (Å²) in [4.78, 5) is 11.8. The zero-order valence-electron chi connectivity index (χ0n) is 10.3. The van der Waals surface area contributed by atoms with E-state index < -0.39 is 0 Å². The van der Waals surface area contributed by atoms with Crippen molar-refractivity contribution in [1.82, 2.24) is 5.32 Å². The second-order valence-corrected chi connectivity index (χ2v) is 5.00. The molecule has 0 bridgehead atoms. The summed E-state index contributed by atoms with van der Waals surface area (Å²) in [7, 11) is 1.54. The molecule has 1 aromatic heterocycles. The van der Waals surface area contributed by atoms with E-state index in [0.29, 0.717) is 23.0 Å². The standard InChI is InChI=1S/C13H13ClN2O2S/c1-18-12-3-2-10(14)6-11(12)16-13(17)15-7-9-4-5-19-8-9/h2-6,8H,7H2,1H3,(H2,15,16,17). The number of halogens is 1. The van der Waals surface area contributed by atoms with Gasteiger partial charge >= 0.3 is 6.03 Å². The average molecular weight is 297 g/mol. The van der Waals surface area contributed by atoms with Crippen LogP contribution < -0.4 is 15.4 Å². The van der Waals surface area contributed by atoms with Gasteiger partial charge in [-0.3, -0.25) is 0 Å². The van der Waals surface area contributed by atoms with Gasteiger partial charge in [0.2, 0.25) is 0 Å². The third-order valence-corrected chi connectivity index (χ3v) is 3.41. The Kier molecular flexibility index (Phi) is 4.65. The highest BCUT2D eigenvalue weighted by atomic mass is 35.5. The average Bonchev–Trinajstić information content (AvgIpc) is 2.90. The molecule has 6 heteroatoms. The van der Waals surface area contributed by atoms with Crippen LogP contribution in [0.4, 0.5) is 10.5 Å². The molecule has 100 valence electrons. The summed E-state index contributed by atoms with van der Waals surface area (Å²) < 4.78 is 5.15. The number of ether oxygens (including phenoxy) is 1. The topological polar surface area (TPSA) is 50.4 Å². The van der Waals surface area contributed by atoms with Gasteiger partial charge in [0.05, 0.1) is 12.8 Å². The van der Waals surface area contributed by atoms with Crippen molar-refractivity contribution < 1.29 is 9.53 Å². The molecule has 2 rings (SSSR count). The van der Waals surface area contributed by atoms with Gasteiger partial charge in [0.1, 0.15) is 5.75 Å². The number of nitrogens with one attached hydrogen (secondary N) is 2. The smallest absolute Gasteiger partial charge is 0.319 e. The van der Waals surface area contributed by atoms with Crippen LogP contribution in [0.3, 0.4) is 0 Å². The molecule has 0 saturated heterocycles. The quantitative estimate of drug-likeness (QED) is 0.903. The van der Waals surface area contributed by atoms with Crippen LogP contribution in [0.2, 0.25) is 5.02 Å². The van der Waals surface area contributed by atoms with E-state index >= 15 is 0 Å². The van der Waals surface area contributed by atoms with Gasteiger partial charge in [-0.1, -0.05) is 11.6 Å². The van der Waals surface area contributed by atoms with Crippen molar-refractivity contribution in [3.05, 3.63) is 45.6 Å². The highest BCUT2D eigenvalue weighted by Crippen LogP contribution is 2.27. The van der Waals surface area contributed by atoms with Crippen LogP contribution in [0.5, 0.6) is 5.75 Å². The van der Waals surface area contributed by atoms with Gasteiger partial charge in [-0.05, 0) is 40.6 Å². The molecule has 2 amide bonds. The first-order valence-corrected chi connectivity index (χ1v) is 6.90.